The maximum Gasteiger partial charge on any atom is 0.251 e. The predicted molar refractivity (Wildman–Crippen MR) is 93.6 cm³/mol. The molecule has 0 spiro atoms. The van der Waals surface area contributed by atoms with Crippen LogP contribution in [0.2, 0.25) is 0 Å². The average Bonchev–Trinajstić information content (AvgIpc) is 2.46. The Hall–Kier alpha value is -1.88. The van der Waals surface area contributed by atoms with E-state index < -0.39 is 6.10 Å². The van der Waals surface area contributed by atoms with Gasteiger partial charge in [-0.25, -0.2) is 0 Å². The molecular weight excluding hydrogens is 304 g/mol. The molecule has 1 heterocycles. The quantitative estimate of drug-likeness (QED) is 0.831. The molecule has 0 aromatic heterocycles. The molecule has 0 saturated carbocycles. The number of ether oxygens (including phenoxy) is 1. The fourth-order valence-corrected chi connectivity index (χ4v) is 3.17. The number of carbonyl (C=O) groups excluding carboxylic acids is 2. The molecule has 1 atom stereocenters. The number of nitrogens with zero attached hydrogens (tertiary/aromatic N) is 2. The fraction of sp³-hybridized carbons (Fsp3) is 0.579. The molecule has 0 aliphatic carbocycles. The molecule has 2 amide bonds. The molecular formula is C19H28N2O3. The molecule has 5 heteroatoms. The molecule has 1 aromatic rings. The Bertz CT molecular complexity index is 592. The molecule has 0 bridgehead atoms. The maximum atomic E-state index is 12.4. The van der Waals surface area contributed by atoms with E-state index in [2.05, 4.69) is 32.0 Å². The van der Waals surface area contributed by atoms with Crippen molar-refractivity contribution < 1.29 is 14.3 Å². The van der Waals surface area contributed by atoms with Gasteiger partial charge in [0.05, 0.1) is 12.6 Å². The van der Waals surface area contributed by atoms with E-state index in [0.29, 0.717) is 19.6 Å². The summed E-state index contributed by atoms with van der Waals surface area (Å²) in [4.78, 5) is 28.2. The van der Waals surface area contributed by atoms with Gasteiger partial charge in [-0.05, 0) is 40.2 Å². The SMILES string of the molecule is Cc1cc(C)cc(CN2CCN(C(=O)[C@H](C)OC(C)C)CC2=O)c1. The summed E-state index contributed by atoms with van der Waals surface area (Å²) >= 11 is 0. The van der Waals surface area contributed by atoms with Crippen LogP contribution in [0.3, 0.4) is 0 Å². The van der Waals surface area contributed by atoms with E-state index in [1.54, 1.807) is 11.8 Å². The summed E-state index contributed by atoms with van der Waals surface area (Å²) in [6.07, 6.45) is -0.519. The average molecular weight is 332 g/mol. The van der Waals surface area contributed by atoms with Crippen LogP contribution in [0.5, 0.6) is 0 Å². The number of benzene rings is 1. The number of hydrogen-bond acceptors (Lipinski definition) is 3. The number of hydrogen-bond donors (Lipinski definition) is 0. The van der Waals surface area contributed by atoms with Crippen LogP contribution in [0.15, 0.2) is 18.2 Å². The van der Waals surface area contributed by atoms with Crippen molar-refractivity contribution in [1.29, 1.82) is 0 Å². The first-order valence-corrected chi connectivity index (χ1v) is 8.55. The summed E-state index contributed by atoms with van der Waals surface area (Å²) in [5.74, 6) is -0.117. The van der Waals surface area contributed by atoms with Crippen molar-refractivity contribution in [2.45, 2.75) is 53.4 Å². The van der Waals surface area contributed by atoms with E-state index in [-0.39, 0.29) is 24.5 Å². The third kappa shape index (κ3) is 4.81. The second-order valence-corrected chi connectivity index (χ2v) is 6.90. The van der Waals surface area contributed by atoms with Gasteiger partial charge in [-0.2, -0.15) is 0 Å². The predicted octanol–water partition coefficient (Wildman–Crippen LogP) is 2.29. The van der Waals surface area contributed by atoms with Crippen LogP contribution in [0.4, 0.5) is 0 Å². The van der Waals surface area contributed by atoms with Gasteiger partial charge in [0.25, 0.3) is 5.91 Å². The van der Waals surface area contributed by atoms with E-state index in [9.17, 15) is 9.59 Å². The van der Waals surface area contributed by atoms with Gasteiger partial charge in [-0.1, -0.05) is 29.3 Å². The molecule has 0 radical (unpaired) electrons. The number of rotatable bonds is 5. The van der Waals surface area contributed by atoms with Gasteiger partial charge in [0.1, 0.15) is 6.10 Å². The number of carbonyl (C=O) groups is 2. The van der Waals surface area contributed by atoms with Crippen molar-refractivity contribution in [1.82, 2.24) is 9.80 Å². The van der Waals surface area contributed by atoms with E-state index in [1.807, 2.05) is 18.7 Å². The third-order valence-corrected chi connectivity index (χ3v) is 4.11. The second kappa shape index (κ2) is 7.79. The van der Waals surface area contributed by atoms with Crippen LogP contribution < -0.4 is 0 Å². The fourth-order valence-electron chi connectivity index (χ4n) is 3.17. The summed E-state index contributed by atoms with van der Waals surface area (Å²) in [5, 5.41) is 0. The minimum absolute atomic E-state index is 0.00879. The third-order valence-electron chi connectivity index (χ3n) is 4.11. The van der Waals surface area contributed by atoms with Crippen LogP contribution >= 0.6 is 0 Å². The molecule has 0 unspecified atom stereocenters. The minimum atomic E-state index is -0.510. The van der Waals surface area contributed by atoms with Crippen LogP contribution in [-0.4, -0.2) is 53.5 Å². The standard InChI is InChI=1S/C19H28N2O3/c1-13(2)24-16(5)19(23)21-7-6-20(18(22)12-21)11-17-9-14(3)8-15(4)10-17/h8-10,13,16H,6-7,11-12H2,1-5H3/t16-/m0/s1. The molecule has 2 rings (SSSR count). The highest BCUT2D eigenvalue weighted by atomic mass is 16.5. The van der Waals surface area contributed by atoms with E-state index in [1.165, 1.54) is 11.1 Å². The van der Waals surface area contributed by atoms with Crippen LogP contribution in [-0.2, 0) is 20.9 Å². The number of amides is 2. The lowest BCUT2D eigenvalue weighted by atomic mass is 10.1. The van der Waals surface area contributed by atoms with Gasteiger partial charge >= 0.3 is 0 Å². The second-order valence-electron chi connectivity index (χ2n) is 6.90. The van der Waals surface area contributed by atoms with E-state index in [4.69, 9.17) is 4.74 Å². The highest BCUT2D eigenvalue weighted by molar-refractivity contribution is 5.87. The summed E-state index contributed by atoms with van der Waals surface area (Å²) in [5.41, 5.74) is 3.54. The molecule has 1 fully saturated rings. The lowest BCUT2D eigenvalue weighted by molar-refractivity contribution is -0.153. The highest BCUT2D eigenvalue weighted by Gasteiger charge is 2.30. The smallest absolute Gasteiger partial charge is 0.251 e. The Labute approximate surface area is 144 Å². The zero-order chi connectivity index (χ0) is 17.9. The molecule has 1 aliphatic heterocycles. The van der Waals surface area contributed by atoms with Crippen molar-refractivity contribution in [3.8, 4) is 0 Å². The van der Waals surface area contributed by atoms with Crippen molar-refractivity contribution in [2.75, 3.05) is 19.6 Å². The Morgan fingerprint density at radius 2 is 1.75 bits per heavy atom. The van der Waals surface area contributed by atoms with E-state index in [0.717, 1.165) is 5.56 Å². The van der Waals surface area contributed by atoms with Gasteiger partial charge in [-0.15, -0.1) is 0 Å². The van der Waals surface area contributed by atoms with Crippen LogP contribution in [0, 0.1) is 13.8 Å². The highest BCUT2D eigenvalue weighted by Crippen LogP contribution is 2.14. The summed E-state index contributed by atoms with van der Waals surface area (Å²) in [7, 11) is 0. The lowest BCUT2D eigenvalue weighted by Gasteiger charge is -2.35. The van der Waals surface area contributed by atoms with Gasteiger partial charge in [0.2, 0.25) is 5.91 Å². The maximum absolute atomic E-state index is 12.4. The first-order valence-electron chi connectivity index (χ1n) is 8.55. The van der Waals surface area contributed by atoms with Crippen molar-refractivity contribution in [3.05, 3.63) is 34.9 Å². The monoisotopic (exact) mass is 332 g/mol. The molecule has 1 saturated heterocycles. The van der Waals surface area contributed by atoms with Crippen LogP contribution in [0.1, 0.15) is 37.5 Å². The van der Waals surface area contributed by atoms with Gasteiger partial charge in [-0.3, -0.25) is 9.59 Å². The number of aryl methyl sites for hydroxylation is 2. The largest absolute Gasteiger partial charge is 0.366 e. The van der Waals surface area contributed by atoms with E-state index >= 15 is 0 Å². The minimum Gasteiger partial charge on any atom is -0.366 e. The molecule has 132 valence electrons. The first kappa shape index (κ1) is 18.5. The lowest BCUT2D eigenvalue weighted by Crippen LogP contribution is -2.54. The van der Waals surface area contributed by atoms with Crippen LogP contribution in [0.25, 0.3) is 0 Å². The Morgan fingerprint density at radius 1 is 1.12 bits per heavy atom. The summed E-state index contributed by atoms with van der Waals surface area (Å²) in [6, 6.07) is 6.34. The van der Waals surface area contributed by atoms with Crippen molar-refractivity contribution >= 4 is 11.8 Å². The first-order chi connectivity index (χ1) is 11.3. The zero-order valence-electron chi connectivity index (χ0n) is 15.3. The summed E-state index contributed by atoms with van der Waals surface area (Å²) in [6.45, 7) is 11.5. The Kier molecular flexibility index (Phi) is 5.99. The molecule has 1 aliphatic rings. The van der Waals surface area contributed by atoms with Crippen molar-refractivity contribution in [2.24, 2.45) is 0 Å². The molecule has 5 nitrogen and oxygen atoms in total. The number of piperazine rings is 1. The van der Waals surface area contributed by atoms with Gasteiger partial charge < -0.3 is 14.5 Å². The topological polar surface area (TPSA) is 49.9 Å². The van der Waals surface area contributed by atoms with Crippen molar-refractivity contribution in [3.63, 3.8) is 0 Å². The van der Waals surface area contributed by atoms with Gasteiger partial charge in [0, 0.05) is 19.6 Å². The normalized spacial score (nSPS) is 16.7. The molecule has 1 aromatic carbocycles. The summed E-state index contributed by atoms with van der Waals surface area (Å²) < 4.78 is 5.53. The Morgan fingerprint density at radius 3 is 2.29 bits per heavy atom. The molecule has 24 heavy (non-hydrogen) atoms. The van der Waals surface area contributed by atoms with Gasteiger partial charge in [0.15, 0.2) is 0 Å². The Balaban J connectivity index is 1.95. The molecule has 0 N–H and O–H groups in total. The zero-order valence-corrected chi connectivity index (χ0v) is 15.3.